The Morgan fingerprint density at radius 3 is 2.58 bits per heavy atom. The monoisotopic (exact) mass is 264 g/mol. The molecule has 5 nitrogen and oxygen atoms in total. The van der Waals surface area contributed by atoms with E-state index in [0.717, 1.165) is 11.1 Å². The zero-order chi connectivity index (χ0) is 14.4. The summed E-state index contributed by atoms with van der Waals surface area (Å²) in [5.41, 5.74) is 1.95. The summed E-state index contributed by atoms with van der Waals surface area (Å²) in [4.78, 5) is 23.9. The van der Waals surface area contributed by atoms with Gasteiger partial charge in [0.15, 0.2) is 0 Å². The molecule has 1 aromatic carbocycles. The van der Waals surface area contributed by atoms with Gasteiger partial charge in [-0.3, -0.25) is 4.79 Å². The first kappa shape index (κ1) is 15.0. The summed E-state index contributed by atoms with van der Waals surface area (Å²) >= 11 is 0. The van der Waals surface area contributed by atoms with E-state index < -0.39 is 6.09 Å². The first-order valence-electron chi connectivity index (χ1n) is 6.16. The van der Waals surface area contributed by atoms with Crippen LogP contribution < -0.4 is 5.32 Å². The summed E-state index contributed by atoms with van der Waals surface area (Å²) in [6, 6.07) is 7.27. The minimum atomic E-state index is -1.08. The van der Waals surface area contributed by atoms with Gasteiger partial charge in [-0.15, -0.1) is 0 Å². The Bertz CT molecular complexity index is 458. The maximum atomic E-state index is 11.6. The summed E-state index contributed by atoms with van der Waals surface area (Å²) < 4.78 is 0. The topological polar surface area (TPSA) is 69.6 Å². The van der Waals surface area contributed by atoms with Crippen LogP contribution in [-0.2, 0) is 4.79 Å². The van der Waals surface area contributed by atoms with Crippen LogP contribution in [0.5, 0.6) is 0 Å². The number of nitrogens with zero attached hydrogens (tertiary/aromatic N) is 1. The number of amides is 2. The van der Waals surface area contributed by atoms with Crippen molar-refractivity contribution < 1.29 is 14.7 Å². The second kappa shape index (κ2) is 6.78. The van der Waals surface area contributed by atoms with Gasteiger partial charge in [-0.25, -0.2) is 4.79 Å². The minimum absolute atomic E-state index is 0.00941. The predicted octanol–water partition coefficient (Wildman–Crippen LogP) is 2.17. The summed E-state index contributed by atoms with van der Waals surface area (Å²) in [7, 11) is 3.38. The highest BCUT2D eigenvalue weighted by molar-refractivity contribution is 5.75. The van der Waals surface area contributed by atoms with Crippen LogP contribution in [0.1, 0.15) is 30.0 Å². The van der Waals surface area contributed by atoms with Crippen molar-refractivity contribution in [1.82, 2.24) is 10.2 Å². The van der Waals surface area contributed by atoms with Crippen LogP contribution >= 0.6 is 0 Å². The van der Waals surface area contributed by atoms with Crippen molar-refractivity contribution in [1.29, 1.82) is 0 Å². The van der Waals surface area contributed by atoms with Gasteiger partial charge in [-0.1, -0.05) is 29.8 Å². The van der Waals surface area contributed by atoms with Crippen molar-refractivity contribution in [2.75, 3.05) is 14.1 Å². The Balaban J connectivity index is 2.77. The Morgan fingerprint density at radius 2 is 2.05 bits per heavy atom. The molecule has 1 aromatic rings. The fourth-order valence-electron chi connectivity index (χ4n) is 1.85. The molecule has 0 aromatic heterocycles. The number of rotatable bonds is 5. The van der Waals surface area contributed by atoms with Crippen LogP contribution in [0.25, 0.3) is 0 Å². The zero-order valence-corrected chi connectivity index (χ0v) is 11.5. The van der Waals surface area contributed by atoms with Gasteiger partial charge < -0.3 is 15.3 Å². The SMILES string of the molecule is Cc1cccc(C(CCC(=O)N(C)C)NC(=O)O)c1. The Hall–Kier alpha value is -2.04. The van der Waals surface area contributed by atoms with E-state index in [-0.39, 0.29) is 11.9 Å². The molecule has 5 heteroatoms. The molecule has 1 rings (SSSR count). The van der Waals surface area contributed by atoms with Crippen molar-refractivity contribution in [3.05, 3.63) is 35.4 Å². The molecule has 0 aliphatic carbocycles. The average Bonchev–Trinajstić information content (AvgIpc) is 2.33. The number of carboxylic acid groups (broad SMARTS) is 1. The maximum absolute atomic E-state index is 11.6. The maximum Gasteiger partial charge on any atom is 0.405 e. The number of hydrogen-bond donors (Lipinski definition) is 2. The minimum Gasteiger partial charge on any atom is -0.465 e. The van der Waals surface area contributed by atoms with E-state index in [1.54, 1.807) is 14.1 Å². The average molecular weight is 264 g/mol. The summed E-state index contributed by atoms with van der Waals surface area (Å²) in [5.74, 6) is -0.00941. The zero-order valence-electron chi connectivity index (χ0n) is 11.5. The molecular weight excluding hydrogens is 244 g/mol. The quantitative estimate of drug-likeness (QED) is 0.856. The molecule has 0 saturated carbocycles. The van der Waals surface area contributed by atoms with Crippen LogP contribution in [0.3, 0.4) is 0 Å². The number of carbonyl (C=O) groups is 2. The fourth-order valence-corrected chi connectivity index (χ4v) is 1.85. The molecule has 0 saturated heterocycles. The Labute approximate surface area is 113 Å². The molecule has 1 unspecified atom stereocenters. The standard InChI is InChI=1S/C14H20N2O3/c1-10-5-4-6-11(9-10)12(15-14(18)19)7-8-13(17)16(2)3/h4-6,9,12,15H,7-8H2,1-3H3,(H,18,19). The highest BCUT2D eigenvalue weighted by Gasteiger charge is 2.16. The summed E-state index contributed by atoms with van der Waals surface area (Å²) in [6.45, 7) is 1.95. The van der Waals surface area contributed by atoms with Crippen molar-refractivity contribution >= 4 is 12.0 Å². The highest BCUT2D eigenvalue weighted by atomic mass is 16.4. The molecular formula is C14H20N2O3. The Morgan fingerprint density at radius 1 is 1.37 bits per heavy atom. The van der Waals surface area contributed by atoms with Gasteiger partial charge in [0.05, 0.1) is 6.04 Å². The Kier molecular flexibility index (Phi) is 5.36. The van der Waals surface area contributed by atoms with Crippen LogP contribution in [0, 0.1) is 6.92 Å². The third kappa shape index (κ3) is 4.99. The lowest BCUT2D eigenvalue weighted by molar-refractivity contribution is -0.128. The molecule has 0 heterocycles. The van der Waals surface area contributed by atoms with E-state index >= 15 is 0 Å². The molecule has 1 atom stereocenters. The van der Waals surface area contributed by atoms with Crippen LogP contribution in [0.2, 0.25) is 0 Å². The largest absolute Gasteiger partial charge is 0.465 e. The van der Waals surface area contributed by atoms with Crippen LogP contribution in [-0.4, -0.2) is 36.1 Å². The molecule has 2 amide bonds. The smallest absolute Gasteiger partial charge is 0.405 e. The molecule has 0 aliphatic rings. The molecule has 0 fully saturated rings. The summed E-state index contributed by atoms with van der Waals surface area (Å²) in [6.07, 6.45) is -0.317. The van der Waals surface area contributed by atoms with Gasteiger partial charge in [0.2, 0.25) is 5.91 Å². The fraction of sp³-hybridized carbons (Fsp3) is 0.429. The first-order valence-corrected chi connectivity index (χ1v) is 6.16. The number of nitrogens with one attached hydrogen (secondary N) is 1. The van der Waals surface area contributed by atoms with Crippen molar-refractivity contribution in [2.45, 2.75) is 25.8 Å². The third-order valence-electron chi connectivity index (χ3n) is 2.89. The molecule has 0 radical (unpaired) electrons. The molecule has 104 valence electrons. The van der Waals surface area contributed by atoms with Gasteiger partial charge in [0, 0.05) is 20.5 Å². The van der Waals surface area contributed by atoms with E-state index in [2.05, 4.69) is 5.32 Å². The second-order valence-corrected chi connectivity index (χ2v) is 4.74. The van der Waals surface area contributed by atoms with E-state index in [1.165, 1.54) is 4.90 Å². The van der Waals surface area contributed by atoms with Crippen molar-refractivity contribution in [3.63, 3.8) is 0 Å². The van der Waals surface area contributed by atoms with Gasteiger partial charge >= 0.3 is 6.09 Å². The van der Waals surface area contributed by atoms with Gasteiger partial charge in [-0.05, 0) is 18.9 Å². The van der Waals surface area contributed by atoms with Gasteiger partial charge in [0.25, 0.3) is 0 Å². The number of hydrogen-bond acceptors (Lipinski definition) is 2. The first-order chi connectivity index (χ1) is 8.90. The molecule has 0 spiro atoms. The molecule has 2 N–H and O–H groups in total. The second-order valence-electron chi connectivity index (χ2n) is 4.74. The van der Waals surface area contributed by atoms with E-state index in [1.807, 2.05) is 31.2 Å². The normalized spacial score (nSPS) is 11.7. The van der Waals surface area contributed by atoms with E-state index in [9.17, 15) is 9.59 Å². The lowest BCUT2D eigenvalue weighted by Gasteiger charge is -2.19. The number of carbonyl (C=O) groups excluding carboxylic acids is 1. The van der Waals surface area contributed by atoms with Crippen LogP contribution in [0.15, 0.2) is 24.3 Å². The predicted molar refractivity (Wildman–Crippen MR) is 73.0 cm³/mol. The van der Waals surface area contributed by atoms with Crippen molar-refractivity contribution in [2.24, 2.45) is 0 Å². The van der Waals surface area contributed by atoms with Gasteiger partial charge in [-0.2, -0.15) is 0 Å². The van der Waals surface area contributed by atoms with E-state index in [0.29, 0.717) is 12.8 Å². The molecule has 19 heavy (non-hydrogen) atoms. The van der Waals surface area contributed by atoms with Crippen molar-refractivity contribution in [3.8, 4) is 0 Å². The lowest BCUT2D eigenvalue weighted by atomic mass is 10.00. The van der Waals surface area contributed by atoms with Crippen LogP contribution in [0.4, 0.5) is 4.79 Å². The molecule has 0 bridgehead atoms. The third-order valence-corrected chi connectivity index (χ3v) is 2.89. The number of benzene rings is 1. The lowest BCUT2D eigenvalue weighted by Crippen LogP contribution is -2.29. The van der Waals surface area contributed by atoms with Gasteiger partial charge in [0.1, 0.15) is 0 Å². The number of aryl methyl sites for hydroxylation is 1. The van der Waals surface area contributed by atoms with E-state index in [4.69, 9.17) is 5.11 Å². The highest BCUT2D eigenvalue weighted by Crippen LogP contribution is 2.20. The summed E-state index contributed by atoms with van der Waals surface area (Å²) in [5, 5.41) is 11.3. The molecule has 0 aliphatic heterocycles.